The van der Waals surface area contributed by atoms with Crippen molar-refractivity contribution in [3.63, 3.8) is 0 Å². The van der Waals surface area contributed by atoms with Crippen LogP contribution in [-0.2, 0) is 16.1 Å². The molecule has 6 heteroatoms. The summed E-state index contributed by atoms with van der Waals surface area (Å²) in [5.74, 6) is 0.0222. The van der Waals surface area contributed by atoms with Crippen LogP contribution >= 0.6 is 11.3 Å². The van der Waals surface area contributed by atoms with Crippen molar-refractivity contribution in [1.29, 1.82) is 0 Å². The monoisotopic (exact) mass is 255 g/mol. The van der Waals surface area contributed by atoms with Crippen LogP contribution in [0.3, 0.4) is 0 Å². The molecule has 5 nitrogen and oxygen atoms in total. The lowest BCUT2D eigenvalue weighted by Crippen LogP contribution is -2.36. The van der Waals surface area contributed by atoms with Gasteiger partial charge in [-0.2, -0.15) is 0 Å². The molecule has 0 bridgehead atoms. The molecule has 0 saturated carbocycles. The number of thiazole rings is 1. The molecular formula is C11H17N3O2S. The minimum absolute atomic E-state index is 0.0222. The van der Waals surface area contributed by atoms with Gasteiger partial charge in [0.25, 0.3) is 5.91 Å². The zero-order valence-corrected chi connectivity index (χ0v) is 10.7. The third kappa shape index (κ3) is 3.02. The van der Waals surface area contributed by atoms with E-state index in [1.807, 2.05) is 5.38 Å². The Balaban J connectivity index is 1.87. The first kappa shape index (κ1) is 12.5. The number of carbonyl (C=O) groups is 1. The molecule has 2 atom stereocenters. The fourth-order valence-corrected chi connectivity index (χ4v) is 2.49. The summed E-state index contributed by atoms with van der Waals surface area (Å²) >= 11 is 1.53. The van der Waals surface area contributed by atoms with Crippen molar-refractivity contribution in [1.82, 2.24) is 9.88 Å². The summed E-state index contributed by atoms with van der Waals surface area (Å²) in [6.07, 6.45) is 1.35. The molecular weight excluding hydrogens is 238 g/mol. The Morgan fingerprint density at radius 2 is 2.53 bits per heavy atom. The van der Waals surface area contributed by atoms with Gasteiger partial charge in [-0.1, -0.05) is 0 Å². The second-order valence-electron chi connectivity index (χ2n) is 4.23. The average Bonchev–Trinajstić information content (AvgIpc) is 2.98. The molecule has 1 aromatic heterocycles. The first-order valence-electron chi connectivity index (χ1n) is 5.68. The molecule has 2 N–H and O–H groups in total. The molecule has 17 heavy (non-hydrogen) atoms. The van der Waals surface area contributed by atoms with E-state index in [1.54, 1.807) is 17.5 Å². The van der Waals surface area contributed by atoms with Gasteiger partial charge in [-0.05, 0) is 12.8 Å². The van der Waals surface area contributed by atoms with Crippen LogP contribution in [0.5, 0.6) is 0 Å². The van der Waals surface area contributed by atoms with Crippen molar-refractivity contribution in [2.24, 2.45) is 5.73 Å². The molecule has 1 aromatic rings. The number of ether oxygens (including phenoxy) is 1. The summed E-state index contributed by atoms with van der Waals surface area (Å²) in [5, 5.41) is 1.95. The number of nitrogens with zero attached hydrogens (tertiary/aromatic N) is 2. The maximum atomic E-state index is 12.1. The second-order valence-corrected chi connectivity index (χ2v) is 4.95. The Labute approximate surface area is 105 Å². The second kappa shape index (κ2) is 5.57. The van der Waals surface area contributed by atoms with Gasteiger partial charge in [0.15, 0.2) is 0 Å². The zero-order valence-electron chi connectivity index (χ0n) is 9.83. The van der Waals surface area contributed by atoms with Crippen LogP contribution in [0, 0.1) is 0 Å². The third-order valence-corrected chi connectivity index (χ3v) is 3.54. The van der Waals surface area contributed by atoms with Crippen molar-refractivity contribution >= 4 is 17.2 Å². The van der Waals surface area contributed by atoms with Crippen LogP contribution in [0.25, 0.3) is 0 Å². The molecule has 1 amide bonds. The Kier molecular flexibility index (Phi) is 4.09. The summed E-state index contributed by atoms with van der Waals surface area (Å²) in [7, 11) is 1.78. The molecule has 0 aliphatic carbocycles. The minimum Gasteiger partial charge on any atom is -0.364 e. The highest BCUT2D eigenvalue weighted by molar-refractivity contribution is 7.07. The molecule has 1 saturated heterocycles. The van der Waals surface area contributed by atoms with E-state index in [1.165, 1.54) is 11.3 Å². The van der Waals surface area contributed by atoms with E-state index in [-0.39, 0.29) is 18.1 Å². The van der Waals surface area contributed by atoms with Crippen molar-refractivity contribution in [3.05, 3.63) is 16.6 Å². The van der Waals surface area contributed by atoms with Crippen LogP contribution in [0.15, 0.2) is 10.9 Å². The Hall–Kier alpha value is -0.980. The quantitative estimate of drug-likeness (QED) is 0.856. The van der Waals surface area contributed by atoms with Gasteiger partial charge < -0.3 is 15.4 Å². The van der Waals surface area contributed by atoms with E-state index in [0.29, 0.717) is 13.1 Å². The topological polar surface area (TPSA) is 68.5 Å². The SMILES string of the molecule is CN(Cc1cscn1)C(=O)[C@@H]1CC[C@H](CN)O1. The van der Waals surface area contributed by atoms with Gasteiger partial charge in [0.2, 0.25) is 0 Å². The molecule has 2 rings (SSSR count). The summed E-state index contributed by atoms with van der Waals surface area (Å²) < 4.78 is 5.58. The Morgan fingerprint density at radius 3 is 3.12 bits per heavy atom. The molecule has 1 aliphatic heterocycles. The predicted octanol–water partition coefficient (Wildman–Crippen LogP) is 0.608. The number of nitrogens with two attached hydrogens (primary N) is 1. The molecule has 0 unspecified atom stereocenters. The van der Waals surface area contributed by atoms with Crippen molar-refractivity contribution in [2.75, 3.05) is 13.6 Å². The Bertz CT molecular complexity index is 369. The first-order chi connectivity index (χ1) is 8.20. The van der Waals surface area contributed by atoms with Gasteiger partial charge in [0, 0.05) is 19.0 Å². The van der Waals surface area contributed by atoms with Crippen molar-refractivity contribution in [2.45, 2.75) is 31.6 Å². The van der Waals surface area contributed by atoms with Gasteiger partial charge in [-0.3, -0.25) is 4.79 Å². The summed E-state index contributed by atoms with van der Waals surface area (Å²) in [6, 6.07) is 0. The number of rotatable bonds is 4. The number of carbonyl (C=O) groups excluding carboxylic acids is 1. The van der Waals surface area contributed by atoms with E-state index in [0.717, 1.165) is 18.5 Å². The normalized spacial score (nSPS) is 23.9. The molecule has 0 radical (unpaired) electrons. The van der Waals surface area contributed by atoms with Gasteiger partial charge in [0.1, 0.15) is 6.10 Å². The molecule has 0 spiro atoms. The summed E-state index contributed by atoms with van der Waals surface area (Å²) in [5.41, 5.74) is 8.21. The highest BCUT2D eigenvalue weighted by Gasteiger charge is 2.31. The van der Waals surface area contributed by atoms with Crippen LogP contribution in [0.2, 0.25) is 0 Å². The van der Waals surface area contributed by atoms with Crippen LogP contribution in [-0.4, -0.2) is 41.6 Å². The van der Waals surface area contributed by atoms with Gasteiger partial charge in [0.05, 0.1) is 23.9 Å². The van der Waals surface area contributed by atoms with E-state index >= 15 is 0 Å². The smallest absolute Gasteiger partial charge is 0.251 e. The van der Waals surface area contributed by atoms with Crippen molar-refractivity contribution in [3.8, 4) is 0 Å². The highest BCUT2D eigenvalue weighted by atomic mass is 32.1. The van der Waals surface area contributed by atoms with Gasteiger partial charge in [-0.25, -0.2) is 4.98 Å². The lowest BCUT2D eigenvalue weighted by Gasteiger charge is -2.20. The first-order valence-corrected chi connectivity index (χ1v) is 6.62. The lowest BCUT2D eigenvalue weighted by molar-refractivity contribution is -0.141. The van der Waals surface area contributed by atoms with E-state index in [9.17, 15) is 4.79 Å². The molecule has 94 valence electrons. The van der Waals surface area contributed by atoms with Crippen LogP contribution in [0.1, 0.15) is 18.5 Å². The predicted molar refractivity (Wildman–Crippen MR) is 65.5 cm³/mol. The van der Waals surface area contributed by atoms with Crippen LogP contribution in [0.4, 0.5) is 0 Å². The van der Waals surface area contributed by atoms with Gasteiger partial charge in [-0.15, -0.1) is 11.3 Å². The fraction of sp³-hybridized carbons (Fsp3) is 0.636. The highest BCUT2D eigenvalue weighted by Crippen LogP contribution is 2.20. The third-order valence-electron chi connectivity index (χ3n) is 2.90. The summed E-state index contributed by atoms with van der Waals surface area (Å²) in [4.78, 5) is 17.9. The van der Waals surface area contributed by atoms with Crippen LogP contribution < -0.4 is 5.73 Å². The largest absolute Gasteiger partial charge is 0.364 e. The minimum atomic E-state index is -0.327. The Morgan fingerprint density at radius 1 is 1.71 bits per heavy atom. The lowest BCUT2D eigenvalue weighted by atomic mass is 10.2. The number of hydrogen-bond acceptors (Lipinski definition) is 5. The molecule has 1 fully saturated rings. The maximum absolute atomic E-state index is 12.1. The maximum Gasteiger partial charge on any atom is 0.251 e. The van der Waals surface area contributed by atoms with E-state index in [4.69, 9.17) is 10.5 Å². The van der Waals surface area contributed by atoms with E-state index < -0.39 is 0 Å². The number of aromatic nitrogens is 1. The molecule has 2 heterocycles. The van der Waals surface area contributed by atoms with Gasteiger partial charge >= 0.3 is 0 Å². The molecule has 0 aromatic carbocycles. The average molecular weight is 255 g/mol. The number of hydrogen-bond donors (Lipinski definition) is 1. The fourth-order valence-electron chi connectivity index (χ4n) is 1.94. The number of likely N-dealkylation sites (N-methyl/N-ethyl adjacent to an activating group) is 1. The van der Waals surface area contributed by atoms with Crippen molar-refractivity contribution < 1.29 is 9.53 Å². The van der Waals surface area contributed by atoms with E-state index in [2.05, 4.69) is 4.98 Å². The zero-order chi connectivity index (χ0) is 12.3. The molecule has 1 aliphatic rings. The number of amides is 1. The standard InChI is InChI=1S/C11H17N3O2S/c1-14(5-8-6-17-7-13-8)11(15)10-3-2-9(4-12)16-10/h6-7,9-10H,2-5,12H2,1H3/t9-,10+/m1/s1. The summed E-state index contributed by atoms with van der Waals surface area (Å²) in [6.45, 7) is 1.02.